The lowest BCUT2D eigenvalue weighted by molar-refractivity contribution is 0.171. The molecule has 2 aliphatic rings. The van der Waals surface area contributed by atoms with Gasteiger partial charge in [0, 0.05) is 31.4 Å². The highest BCUT2D eigenvalue weighted by atomic mass is 16.5. The quantitative estimate of drug-likeness (QED) is 0.161. The molecule has 3 aromatic rings. The first kappa shape index (κ1) is 34.2. The van der Waals surface area contributed by atoms with Gasteiger partial charge in [0.15, 0.2) is 0 Å². The van der Waals surface area contributed by atoms with Gasteiger partial charge in [-0.05, 0) is 94.6 Å². The lowest BCUT2D eigenvalue weighted by Gasteiger charge is -2.33. The molecular weight excluding hydrogens is 606 g/mol. The van der Waals surface area contributed by atoms with Crippen molar-refractivity contribution in [3.8, 4) is 11.5 Å². The highest BCUT2D eigenvalue weighted by Crippen LogP contribution is 2.38. The molecule has 5 rings (SSSR count). The Bertz CT molecular complexity index is 1700. The van der Waals surface area contributed by atoms with E-state index in [1.807, 2.05) is 72.4 Å². The molecule has 12 heteroatoms. The number of nitrogens with zero attached hydrogens (tertiary/aromatic N) is 4. The number of likely N-dealkylation sites (N-methyl/N-ethyl adjacent to an activating group) is 1. The minimum absolute atomic E-state index is 0.237. The van der Waals surface area contributed by atoms with Crippen LogP contribution in [0.25, 0.3) is 0 Å². The first-order chi connectivity index (χ1) is 23.2. The molecule has 1 unspecified atom stereocenters. The van der Waals surface area contributed by atoms with Crippen molar-refractivity contribution in [1.82, 2.24) is 25.0 Å². The van der Waals surface area contributed by atoms with Gasteiger partial charge in [-0.25, -0.2) is 9.79 Å². The fourth-order valence-electron chi connectivity index (χ4n) is 5.92. The number of nitrogens with two attached hydrogens (primary N) is 1. The SMILES string of the molecule is CC(N)=CC(=Nc1cccc(OCCN(C)C)c1)NC(=O)N[C@H]1CCC(Oc2ccc(=N)n(C(=N)N3CCCCC3)c2)c2ccccc21. The normalized spacial score (nSPS) is 18.2. The topological polar surface area (TPSA) is 157 Å². The smallest absolute Gasteiger partial charge is 0.320 e. The number of amides is 2. The van der Waals surface area contributed by atoms with E-state index in [1.165, 1.54) is 6.42 Å². The lowest BCUT2D eigenvalue weighted by atomic mass is 9.85. The number of hydrogen-bond donors (Lipinski definition) is 5. The standard InChI is InChI=1S/C36H47N9O3/c1-25(37)22-34(40-26-10-9-11-27(23-26)47-21-20-43(2)3)42-36(46)41-31-15-16-32(30-13-6-5-12-29(30)31)48-28-14-17-33(38)45(24-28)35(39)44-18-7-4-8-19-44/h5-6,9-14,17,22-24,31-32,38-39H,4,7-8,15-16,18-21,37H2,1-3H3,(H2,40,41,42,46)/t31-,32?/m0/s1. The van der Waals surface area contributed by atoms with Gasteiger partial charge in [-0.1, -0.05) is 30.3 Å². The zero-order chi connectivity index (χ0) is 34.0. The van der Waals surface area contributed by atoms with Crippen LogP contribution in [0.5, 0.6) is 11.5 Å². The van der Waals surface area contributed by atoms with E-state index >= 15 is 0 Å². The van der Waals surface area contributed by atoms with Gasteiger partial charge in [0.25, 0.3) is 0 Å². The second-order valence-corrected chi connectivity index (χ2v) is 12.5. The van der Waals surface area contributed by atoms with E-state index in [0.29, 0.717) is 54.1 Å². The molecule has 0 bridgehead atoms. The van der Waals surface area contributed by atoms with Crippen LogP contribution < -0.4 is 31.3 Å². The van der Waals surface area contributed by atoms with Gasteiger partial charge in [-0.3, -0.25) is 20.7 Å². The molecule has 1 aliphatic heterocycles. The first-order valence-electron chi connectivity index (χ1n) is 16.5. The van der Waals surface area contributed by atoms with Crippen LogP contribution in [0.15, 0.2) is 83.6 Å². The number of carbonyl (C=O) groups excluding carboxylic acids is 1. The molecule has 2 atom stereocenters. The van der Waals surface area contributed by atoms with E-state index < -0.39 is 6.03 Å². The van der Waals surface area contributed by atoms with Crippen LogP contribution in [0.1, 0.15) is 62.3 Å². The van der Waals surface area contributed by atoms with Gasteiger partial charge in [-0.2, -0.15) is 0 Å². The number of ether oxygens (including phenoxy) is 2. The number of fused-ring (bicyclic) bond motifs is 1. The van der Waals surface area contributed by atoms with E-state index in [4.69, 9.17) is 26.0 Å². The summed E-state index contributed by atoms with van der Waals surface area (Å²) in [6.07, 6.45) is 7.70. The van der Waals surface area contributed by atoms with Crippen molar-refractivity contribution in [3.05, 3.63) is 95.2 Å². The molecule has 6 N–H and O–H groups in total. The van der Waals surface area contributed by atoms with Gasteiger partial charge in [0.1, 0.15) is 35.5 Å². The third-order valence-electron chi connectivity index (χ3n) is 8.31. The molecule has 0 spiro atoms. The summed E-state index contributed by atoms with van der Waals surface area (Å²) < 4.78 is 13.9. The van der Waals surface area contributed by atoms with Crippen molar-refractivity contribution in [2.45, 2.75) is 51.2 Å². The van der Waals surface area contributed by atoms with Crippen LogP contribution in [0.3, 0.4) is 0 Å². The van der Waals surface area contributed by atoms with Gasteiger partial charge in [-0.15, -0.1) is 0 Å². The second kappa shape index (κ2) is 16.1. The van der Waals surface area contributed by atoms with Gasteiger partial charge in [0.05, 0.1) is 17.9 Å². The Kier molecular flexibility index (Phi) is 11.5. The van der Waals surface area contributed by atoms with Crippen LogP contribution in [0, 0.1) is 10.8 Å². The third-order valence-corrected chi connectivity index (χ3v) is 8.31. The number of hydrogen-bond acceptors (Lipinski definition) is 8. The molecular formula is C36H47N9O3. The van der Waals surface area contributed by atoms with E-state index in [-0.39, 0.29) is 17.6 Å². The number of rotatable bonds is 9. The molecule has 48 heavy (non-hydrogen) atoms. The first-order valence-corrected chi connectivity index (χ1v) is 16.5. The lowest BCUT2D eigenvalue weighted by Crippen LogP contribution is -2.43. The van der Waals surface area contributed by atoms with Crippen LogP contribution in [-0.2, 0) is 0 Å². The minimum Gasteiger partial charge on any atom is -0.492 e. The number of benzene rings is 2. The Morgan fingerprint density at radius 1 is 1.04 bits per heavy atom. The van der Waals surface area contributed by atoms with Crippen LogP contribution >= 0.6 is 0 Å². The molecule has 1 aliphatic carbocycles. The summed E-state index contributed by atoms with van der Waals surface area (Å²) in [6, 6.07) is 18.2. The van der Waals surface area contributed by atoms with Crippen LogP contribution in [0.4, 0.5) is 10.5 Å². The number of carbonyl (C=O) groups is 1. The summed E-state index contributed by atoms with van der Waals surface area (Å²) in [5.74, 6) is 1.89. The third kappa shape index (κ3) is 9.25. The van der Waals surface area contributed by atoms with Crippen molar-refractivity contribution in [2.24, 2.45) is 10.7 Å². The number of piperidine rings is 1. The van der Waals surface area contributed by atoms with Crippen molar-refractivity contribution < 1.29 is 14.3 Å². The molecule has 2 aromatic carbocycles. The average molecular weight is 654 g/mol. The maximum absolute atomic E-state index is 13.3. The van der Waals surface area contributed by atoms with Crippen molar-refractivity contribution >= 4 is 23.5 Å². The summed E-state index contributed by atoms with van der Waals surface area (Å²) >= 11 is 0. The molecule has 0 radical (unpaired) electrons. The molecule has 1 aromatic heterocycles. The number of allylic oxidation sites excluding steroid dienone is 1. The van der Waals surface area contributed by atoms with E-state index in [2.05, 4.69) is 15.6 Å². The number of amidine groups is 1. The maximum atomic E-state index is 13.3. The van der Waals surface area contributed by atoms with Crippen molar-refractivity contribution in [2.75, 3.05) is 40.3 Å². The zero-order valence-electron chi connectivity index (χ0n) is 28.0. The minimum atomic E-state index is -0.396. The number of likely N-dealkylation sites (tertiary alicyclic amines) is 1. The predicted octanol–water partition coefficient (Wildman–Crippen LogP) is 5.02. The Balaban J connectivity index is 1.27. The number of urea groups is 1. The summed E-state index contributed by atoms with van der Waals surface area (Å²) in [5, 5.41) is 23.1. The second-order valence-electron chi connectivity index (χ2n) is 12.5. The van der Waals surface area contributed by atoms with Crippen LogP contribution in [-0.4, -0.2) is 72.5 Å². The van der Waals surface area contributed by atoms with Crippen LogP contribution in [0.2, 0.25) is 0 Å². The highest BCUT2D eigenvalue weighted by molar-refractivity contribution is 6.05. The van der Waals surface area contributed by atoms with Crippen molar-refractivity contribution in [3.63, 3.8) is 0 Å². The van der Waals surface area contributed by atoms with Gasteiger partial charge < -0.3 is 30.3 Å². The molecule has 1 saturated heterocycles. The molecule has 2 amide bonds. The van der Waals surface area contributed by atoms with E-state index in [1.54, 1.807) is 35.9 Å². The Hall–Kier alpha value is -5.10. The van der Waals surface area contributed by atoms with E-state index in [9.17, 15) is 4.79 Å². The molecule has 0 saturated carbocycles. The fraction of sp³-hybridized carbons (Fsp3) is 0.389. The average Bonchev–Trinajstić information content (AvgIpc) is 3.06. The van der Waals surface area contributed by atoms with Crippen molar-refractivity contribution in [1.29, 1.82) is 10.8 Å². The number of aliphatic imine (C=N–C) groups is 1. The predicted molar refractivity (Wildman–Crippen MR) is 188 cm³/mol. The monoisotopic (exact) mass is 653 g/mol. The zero-order valence-corrected chi connectivity index (χ0v) is 28.0. The number of nitrogens with one attached hydrogen (secondary N) is 4. The number of pyridine rings is 1. The van der Waals surface area contributed by atoms with Gasteiger partial charge >= 0.3 is 6.03 Å². The molecule has 254 valence electrons. The molecule has 2 heterocycles. The Morgan fingerprint density at radius 2 is 1.81 bits per heavy atom. The molecule has 1 fully saturated rings. The Labute approximate surface area is 282 Å². The fourth-order valence-corrected chi connectivity index (χ4v) is 5.92. The largest absolute Gasteiger partial charge is 0.492 e. The summed E-state index contributed by atoms with van der Waals surface area (Å²) in [5.41, 5.74) is 9.31. The maximum Gasteiger partial charge on any atom is 0.320 e. The summed E-state index contributed by atoms with van der Waals surface area (Å²) in [6.45, 7) is 4.72. The molecule has 12 nitrogen and oxygen atoms in total. The van der Waals surface area contributed by atoms with E-state index in [0.717, 1.165) is 43.6 Å². The van der Waals surface area contributed by atoms with Gasteiger partial charge in [0.2, 0.25) is 5.96 Å². The summed E-state index contributed by atoms with van der Waals surface area (Å²) in [7, 11) is 3.98. The highest BCUT2D eigenvalue weighted by Gasteiger charge is 2.30. The number of aromatic nitrogens is 1. The Morgan fingerprint density at radius 3 is 2.56 bits per heavy atom. The summed E-state index contributed by atoms with van der Waals surface area (Å²) in [4.78, 5) is 22.0.